The Morgan fingerprint density at radius 3 is 2.89 bits per heavy atom. The van der Waals surface area contributed by atoms with E-state index in [0.717, 1.165) is 19.4 Å². The molecule has 18 heavy (non-hydrogen) atoms. The van der Waals surface area contributed by atoms with Crippen molar-refractivity contribution < 1.29 is 14.3 Å². The van der Waals surface area contributed by atoms with Crippen LogP contribution in [0.2, 0.25) is 0 Å². The molecule has 1 aromatic rings. The normalized spacial score (nSPS) is 25.2. The number of aryl methyl sites for hydroxylation is 1. The molecule has 6 heteroatoms. The van der Waals surface area contributed by atoms with Gasteiger partial charge < -0.3 is 9.52 Å². The lowest BCUT2D eigenvalue weighted by molar-refractivity contribution is -0.146. The van der Waals surface area contributed by atoms with Gasteiger partial charge in [-0.3, -0.25) is 9.69 Å². The van der Waals surface area contributed by atoms with E-state index in [-0.39, 0.29) is 0 Å². The molecule has 0 spiro atoms. The van der Waals surface area contributed by atoms with Gasteiger partial charge in [0.2, 0.25) is 11.8 Å². The number of aliphatic carboxylic acids is 1. The SMILES string of the molecule is CCC1CCN(Cc2nnc(C)o2)C(C(=O)O)C1. The maximum absolute atomic E-state index is 11.3. The monoisotopic (exact) mass is 253 g/mol. The largest absolute Gasteiger partial charge is 0.480 e. The number of nitrogens with zero attached hydrogens (tertiary/aromatic N) is 3. The standard InChI is InChI=1S/C12H19N3O3/c1-3-9-4-5-15(10(6-9)12(16)17)7-11-14-13-8(2)18-11/h9-10H,3-7H2,1-2H3,(H,16,17). The summed E-state index contributed by atoms with van der Waals surface area (Å²) in [5.74, 6) is 0.755. The van der Waals surface area contributed by atoms with Crippen LogP contribution in [0, 0.1) is 12.8 Å². The van der Waals surface area contributed by atoms with Crippen LogP contribution in [0.4, 0.5) is 0 Å². The second kappa shape index (κ2) is 5.48. The number of rotatable bonds is 4. The topological polar surface area (TPSA) is 79.5 Å². The predicted octanol–water partition coefficient (Wildman–Crippen LogP) is 1.45. The van der Waals surface area contributed by atoms with Crippen LogP contribution in [0.15, 0.2) is 4.42 Å². The lowest BCUT2D eigenvalue weighted by Gasteiger charge is -2.35. The third kappa shape index (κ3) is 2.87. The number of carboxylic acids is 1. The van der Waals surface area contributed by atoms with Gasteiger partial charge in [-0.15, -0.1) is 10.2 Å². The Hall–Kier alpha value is -1.43. The second-order valence-electron chi connectivity index (χ2n) is 4.84. The summed E-state index contributed by atoms with van der Waals surface area (Å²) in [4.78, 5) is 13.2. The first-order valence-electron chi connectivity index (χ1n) is 6.36. The Morgan fingerprint density at radius 1 is 1.56 bits per heavy atom. The molecular weight excluding hydrogens is 234 g/mol. The molecule has 0 saturated carbocycles. The van der Waals surface area contributed by atoms with E-state index in [1.165, 1.54) is 0 Å². The van der Waals surface area contributed by atoms with Gasteiger partial charge in [-0.2, -0.15) is 0 Å². The summed E-state index contributed by atoms with van der Waals surface area (Å²) in [7, 11) is 0. The molecule has 6 nitrogen and oxygen atoms in total. The van der Waals surface area contributed by atoms with Crippen molar-refractivity contribution in [2.24, 2.45) is 5.92 Å². The summed E-state index contributed by atoms with van der Waals surface area (Å²) in [6.07, 6.45) is 2.78. The average molecular weight is 253 g/mol. The number of likely N-dealkylation sites (tertiary alicyclic amines) is 1. The molecule has 2 unspecified atom stereocenters. The molecule has 1 saturated heterocycles. The van der Waals surface area contributed by atoms with Gasteiger partial charge in [-0.1, -0.05) is 13.3 Å². The van der Waals surface area contributed by atoms with Gasteiger partial charge in [0.1, 0.15) is 6.04 Å². The van der Waals surface area contributed by atoms with E-state index >= 15 is 0 Å². The molecule has 0 bridgehead atoms. The van der Waals surface area contributed by atoms with Gasteiger partial charge in [0.15, 0.2) is 0 Å². The molecule has 2 atom stereocenters. The van der Waals surface area contributed by atoms with E-state index in [0.29, 0.717) is 30.7 Å². The lowest BCUT2D eigenvalue weighted by atomic mass is 9.89. The van der Waals surface area contributed by atoms with Crippen LogP contribution >= 0.6 is 0 Å². The molecule has 1 fully saturated rings. The fourth-order valence-electron chi connectivity index (χ4n) is 2.48. The lowest BCUT2D eigenvalue weighted by Crippen LogP contribution is -2.46. The summed E-state index contributed by atoms with van der Waals surface area (Å²) in [5.41, 5.74) is 0. The molecule has 100 valence electrons. The fraction of sp³-hybridized carbons (Fsp3) is 0.750. The molecule has 1 aromatic heterocycles. The summed E-state index contributed by atoms with van der Waals surface area (Å²) < 4.78 is 5.31. The summed E-state index contributed by atoms with van der Waals surface area (Å²) >= 11 is 0. The number of carboxylic acid groups (broad SMARTS) is 1. The molecule has 2 heterocycles. The van der Waals surface area contributed by atoms with Crippen molar-refractivity contribution in [1.29, 1.82) is 0 Å². The Bertz CT molecular complexity index is 418. The Labute approximate surface area is 106 Å². The van der Waals surface area contributed by atoms with E-state index in [1.54, 1.807) is 6.92 Å². The number of carbonyl (C=O) groups is 1. The highest BCUT2D eigenvalue weighted by Crippen LogP contribution is 2.26. The van der Waals surface area contributed by atoms with Gasteiger partial charge in [0.05, 0.1) is 6.54 Å². The molecule has 0 radical (unpaired) electrons. The zero-order chi connectivity index (χ0) is 13.1. The Morgan fingerprint density at radius 2 is 2.33 bits per heavy atom. The van der Waals surface area contributed by atoms with Gasteiger partial charge in [-0.05, 0) is 25.3 Å². The van der Waals surface area contributed by atoms with Crippen molar-refractivity contribution in [3.8, 4) is 0 Å². The minimum absolute atomic E-state index is 0.425. The van der Waals surface area contributed by atoms with Crippen molar-refractivity contribution in [3.05, 3.63) is 11.8 Å². The van der Waals surface area contributed by atoms with Crippen molar-refractivity contribution in [2.75, 3.05) is 6.54 Å². The zero-order valence-corrected chi connectivity index (χ0v) is 10.8. The molecule has 1 aliphatic heterocycles. The van der Waals surface area contributed by atoms with Crippen molar-refractivity contribution in [2.45, 2.75) is 45.7 Å². The summed E-state index contributed by atoms with van der Waals surface area (Å²) in [5, 5.41) is 17.0. The minimum atomic E-state index is -0.760. The highest BCUT2D eigenvalue weighted by atomic mass is 16.4. The van der Waals surface area contributed by atoms with Crippen LogP contribution in [0.25, 0.3) is 0 Å². The van der Waals surface area contributed by atoms with E-state index in [4.69, 9.17) is 4.42 Å². The second-order valence-corrected chi connectivity index (χ2v) is 4.84. The third-order valence-electron chi connectivity index (χ3n) is 3.59. The van der Waals surface area contributed by atoms with Crippen LogP contribution in [0.1, 0.15) is 38.0 Å². The van der Waals surface area contributed by atoms with Crippen LogP contribution in [-0.2, 0) is 11.3 Å². The van der Waals surface area contributed by atoms with Crippen LogP contribution in [-0.4, -0.2) is 38.8 Å². The van der Waals surface area contributed by atoms with E-state index in [1.807, 2.05) is 4.90 Å². The molecular formula is C12H19N3O3. The van der Waals surface area contributed by atoms with E-state index in [9.17, 15) is 9.90 Å². The smallest absolute Gasteiger partial charge is 0.320 e. The third-order valence-corrected chi connectivity index (χ3v) is 3.59. The quantitative estimate of drug-likeness (QED) is 0.875. The molecule has 0 amide bonds. The predicted molar refractivity (Wildman–Crippen MR) is 63.9 cm³/mol. The van der Waals surface area contributed by atoms with Gasteiger partial charge in [0, 0.05) is 6.92 Å². The first-order valence-corrected chi connectivity index (χ1v) is 6.36. The maximum Gasteiger partial charge on any atom is 0.320 e. The Balaban J connectivity index is 2.04. The maximum atomic E-state index is 11.3. The summed E-state index contributed by atoms with van der Waals surface area (Å²) in [6, 6.07) is -0.434. The number of hydrogen-bond acceptors (Lipinski definition) is 5. The minimum Gasteiger partial charge on any atom is -0.480 e. The first kappa shape index (κ1) is 13.0. The van der Waals surface area contributed by atoms with Gasteiger partial charge >= 0.3 is 5.97 Å². The van der Waals surface area contributed by atoms with Crippen molar-refractivity contribution >= 4 is 5.97 Å². The molecule has 0 aromatic carbocycles. The average Bonchev–Trinajstić information content (AvgIpc) is 2.75. The van der Waals surface area contributed by atoms with Gasteiger partial charge in [0.25, 0.3) is 0 Å². The number of aromatic nitrogens is 2. The van der Waals surface area contributed by atoms with Gasteiger partial charge in [-0.25, -0.2) is 0 Å². The number of piperidine rings is 1. The Kier molecular flexibility index (Phi) is 3.96. The zero-order valence-electron chi connectivity index (χ0n) is 10.8. The first-order chi connectivity index (χ1) is 8.60. The highest BCUT2D eigenvalue weighted by Gasteiger charge is 2.33. The molecule has 0 aliphatic carbocycles. The van der Waals surface area contributed by atoms with Crippen LogP contribution in [0.5, 0.6) is 0 Å². The van der Waals surface area contributed by atoms with E-state index in [2.05, 4.69) is 17.1 Å². The number of hydrogen-bond donors (Lipinski definition) is 1. The van der Waals surface area contributed by atoms with Crippen LogP contribution < -0.4 is 0 Å². The molecule has 1 aliphatic rings. The van der Waals surface area contributed by atoms with Crippen molar-refractivity contribution in [1.82, 2.24) is 15.1 Å². The highest BCUT2D eigenvalue weighted by molar-refractivity contribution is 5.73. The fourth-order valence-corrected chi connectivity index (χ4v) is 2.48. The van der Waals surface area contributed by atoms with Crippen molar-refractivity contribution in [3.63, 3.8) is 0 Å². The van der Waals surface area contributed by atoms with E-state index < -0.39 is 12.0 Å². The summed E-state index contributed by atoms with van der Waals surface area (Å²) in [6.45, 7) is 5.04. The molecule has 1 N–H and O–H groups in total. The molecule has 2 rings (SSSR count). The van der Waals surface area contributed by atoms with Crippen LogP contribution in [0.3, 0.4) is 0 Å².